The van der Waals surface area contributed by atoms with Crippen molar-refractivity contribution >= 4 is 23.3 Å². The number of nitrogens with zero attached hydrogens (tertiary/aromatic N) is 2. The summed E-state index contributed by atoms with van der Waals surface area (Å²) >= 11 is 0. The predicted octanol–water partition coefficient (Wildman–Crippen LogP) is 8.27. The topological polar surface area (TPSA) is 102 Å². The van der Waals surface area contributed by atoms with Gasteiger partial charge in [-0.25, -0.2) is 9.59 Å². The van der Waals surface area contributed by atoms with Crippen LogP contribution in [0.5, 0.6) is 5.75 Å². The molecule has 278 valence electrons. The van der Waals surface area contributed by atoms with Crippen molar-refractivity contribution in [3.8, 4) is 5.75 Å². The molecule has 0 amide bonds. The minimum Gasteiger partial charge on any atom is -0.486 e. The largest absolute Gasteiger partial charge is 0.486 e. The van der Waals surface area contributed by atoms with Crippen molar-refractivity contribution in [3.63, 3.8) is 0 Å². The number of carboxylic acid groups (broad SMARTS) is 2. The molecule has 0 fully saturated rings. The number of para-hydroxylation sites is 2. The van der Waals surface area contributed by atoms with Crippen LogP contribution in [0.4, 0.5) is 24.5 Å². The number of ether oxygens (including phenoxy) is 1. The van der Waals surface area contributed by atoms with E-state index in [1.165, 1.54) is 34.6 Å². The summed E-state index contributed by atoms with van der Waals surface area (Å²) in [6.07, 6.45) is -0.432. The molecule has 1 heterocycles. The third-order valence-electron chi connectivity index (χ3n) is 8.06. The summed E-state index contributed by atoms with van der Waals surface area (Å²) in [5.74, 6) is -1.47. The average molecular weight is 720 g/mol. The monoisotopic (exact) mass is 719 g/mol. The van der Waals surface area contributed by atoms with Crippen LogP contribution in [0.15, 0.2) is 115 Å². The number of carbonyl (C=O) groups is 2. The van der Waals surface area contributed by atoms with Crippen molar-refractivity contribution in [3.05, 3.63) is 138 Å². The second kappa shape index (κ2) is 20.7. The first-order valence-electron chi connectivity index (χ1n) is 17.0. The molecule has 4 aromatic carbocycles. The number of alkyl halides is 3. The minimum absolute atomic E-state index is 0.203. The first-order valence-corrected chi connectivity index (χ1v) is 17.0. The van der Waals surface area contributed by atoms with E-state index in [1.54, 1.807) is 0 Å². The zero-order valence-electron chi connectivity index (χ0n) is 30.0. The van der Waals surface area contributed by atoms with Crippen molar-refractivity contribution < 1.29 is 37.7 Å². The number of halogens is 3. The van der Waals surface area contributed by atoms with E-state index >= 15 is 0 Å². The minimum atomic E-state index is -4.33. The Labute approximate surface area is 304 Å². The zero-order chi connectivity index (χ0) is 38.1. The molecule has 0 aromatic heterocycles. The van der Waals surface area contributed by atoms with Crippen LogP contribution in [-0.4, -0.2) is 67.8 Å². The van der Waals surface area contributed by atoms with E-state index in [9.17, 15) is 22.8 Å². The molecule has 3 N–H and O–H groups in total. The molecule has 4 aromatic rings. The molecule has 8 nitrogen and oxygen atoms in total. The fourth-order valence-corrected chi connectivity index (χ4v) is 5.83. The lowest BCUT2D eigenvalue weighted by Crippen LogP contribution is -2.30. The van der Waals surface area contributed by atoms with Crippen molar-refractivity contribution in [2.45, 2.75) is 38.5 Å². The Morgan fingerprint density at radius 1 is 0.827 bits per heavy atom. The van der Waals surface area contributed by atoms with E-state index in [-0.39, 0.29) is 6.10 Å². The molecule has 1 aliphatic heterocycles. The number of anilines is 2. The van der Waals surface area contributed by atoms with E-state index < -0.39 is 23.7 Å². The molecule has 0 aliphatic carbocycles. The molecule has 52 heavy (non-hydrogen) atoms. The molecule has 0 radical (unpaired) electrons. The van der Waals surface area contributed by atoms with Gasteiger partial charge in [-0.1, -0.05) is 73.7 Å². The standard InChI is InChI=1S/C20H26N2.C17H18F3NO.C4H4O4/c1-16(14-21(2)3)15-22-19-10-6-4-8-17(19)12-13-18-9-5-7-11-20(18)22;1-21-12-11-16(13-5-3-2-4-6-13)22-15-9-7-14(8-10-15)17(18,19)20;5-3(6)1-2-4(7)8/h4-11,16H,12-15H2,1-3H3;2-10,16,21H,11-12H2,1H3;1-2H,(H,5,6)(H,7,8)/b;;2-1-. The summed E-state index contributed by atoms with van der Waals surface area (Å²) in [7, 11) is 6.15. The maximum Gasteiger partial charge on any atom is 0.416 e. The van der Waals surface area contributed by atoms with E-state index in [4.69, 9.17) is 14.9 Å². The number of benzene rings is 4. The number of fused-ring (bicyclic) bond motifs is 2. The molecular weight excluding hydrogens is 671 g/mol. The highest BCUT2D eigenvalue weighted by molar-refractivity contribution is 5.89. The summed E-state index contributed by atoms with van der Waals surface area (Å²) in [5, 5.41) is 18.7. The maximum absolute atomic E-state index is 12.6. The summed E-state index contributed by atoms with van der Waals surface area (Å²) in [6, 6.07) is 32.2. The highest BCUT2D eigenvalue weighted by atomic mass is 19.4. The molecule has 2 unspecified atom stereocenters. The lowest BCUT2D eigenvalue weighted by molar-refractivity contribution is -0.137. The molecule has 0 spiro atoms. The van der Waals surface area contributed by atoms with Crippen LogP contribution in [0.1, 0.15) is 41.7 Å². The fourth-order valence-electron chi connectivity index (χ4n) is 5.83. The predicted molar refractivity (Wildman–Crippen MR) is 199 cm³/mol. The quantitative estimate of drug-likeness (QED) is 0.126. The Balaban J connectivity index is 0.000000233. The lowest BCUT2D eigenvalue weighted by atomic mass is 10.0. The SMILES string of the molecule is CC(CN(C)C)CN1c2ccccc2CCc2ccccc21.CNCCC(Oc1ccc(C(F)(F)F)cc1)c1ccccc1.O=C(O)/C=C\C(=O)O. The number of carboxylic acids is 2. The average Bonchev–Trinajstić information content (AvgIpc) is 3.26. The highest BCUT2D eigenvalue weighted by Gasteiger charge is 2.30. The summed E-state index contributed by atoms with van der Waals surface area (Å²) in [5.41, 5.74) is 6.03. The number of nitrogens with one attached hydrogen (secondary N) is 1. The molecule has 0 saturated carbocycles. The third kappa shape index (κ3) is 13.9. The third-order valence-corrected chi connectivity index (χ3v) is 8.06. The number of rotatable bonds is 12. The first-order chi connectivity index (χ1) is 24.8. The van der Waals surface area contributed by atoms with Gasteiger partial charge in [0.1, 0.15) is 11.9 Å². The van der Waals surface area contributed by atoms with Gasteiger partial charge in [0.05, 0.1) is 5.56 Å². The van der Waals surface area contributed by atoms with Crippen LogP contribution in [0.3, 0.4) is 0 Å². The van der Waals surface area contributed by atoms with E-state index in [0.717, 1.165) is 56.6 Å². The molecule has 2 atom stereocenters. The Morgan fingerprint density at radius 3 is 1.79 bits per heavy atom. The summed E-state index contributed by atoms with van der Waals surface area (Å²) < 4.78 is 43.6. The van der Waals surface area contributed by atoms with Gasteiger partial charge in [-0.05, 0) is 99.5 Å². The molecule has 0 saturated heterocycles. The van der Waals surface area contributed by atoms with Crippen LogP contribution in [-0.2, 0) is 28.6 Å². The van der Waals surface area contributed by atoms with E-state index in [0.29, 0.717) is 23.8 Å². The molecule has 5 rings (SSSR count). The van der Waals surface area contributed by atoms with Crippen molar-refractivity contribution in [1.29, 1.82) is 0 Å². The van der Waals surface area contributed by atoms with Gasteiger partial charge in [-0.3, -0.25) is 0 Å². The van der Waals surface area contributed by atoms with Crippen molar-refractivity contribution in [2.24, 2.45) is 5.92 Å². The first kappa shape index (κ1) is 41.3. The van der Waals surface area contributed by atoms with Gasteiger partial charge in [0.25, 0.3) is 0 Å². The Hall–Kier alpha value is -5.13. The van der Waals surface area contributed by atoms with Gasteiger partial charge in [0.2, 0.25) is 0 Å². The summed E-state index contributed by atoms with van der Waals surface area (Å²) in [6.45, 7) is 5.27. The van der Waals surface area contributed by atoms with Gasteiger partial charge < -0.3 is 30.1 Å². The van der Waals surface area contributed by atoms with Gasteiger partial charge in [0, 0.05) is 43.0 Å². The maximum atomic E-state index is 12.6. The smallest absolute Gasteiger partial charge is 0.416 e. The van der Waals surface area contributed by atoms with Crippen molar-refractivity contribution in [2.75, 3.05) is 45.7 Å². The molecular formula is C41H48F3N3O5. The highest BCUT2D eigenvalue weighted by Crippen LogP contribution is 2.36. The van der Waals surface area contributed by atoms with Gasteiger partial charge in [0.15, 0.2) is 0 Å². The van der Waals surface area contributed by atoms with Crippen LogP contribution >= 0.6 is 0 Å². The number of aryl methyl sites for hydroxylation is 2. The molecule has 0 bridgehead atoms. The normalized spacial score (nSPS) is 13.3. The van der Waals surface area contributed by atoms with Crippen molar-refractivity contribution in [1.82, 2.24) is 10.2 Å². The Kier molecular flexibility index (Phi) is 16.4. The summed E-state index contributed by atoms with van der Waals surface area (Å²) in [4.78, 5) is 23.9. The number of hydrogen-bond donors (Lipinski definition) is 3. The van der Waals surface area contributed by atoms with Crippen LogP contribution in [0.2, 0.25) is 0 Å². The second-order valence-electron chi connectivity index (χ2n) is 12.7. The Morgan fingerprint density at radius 2 is 1.33 bits per heavy atom. The van der Waals surface area contributed by atoms with E-state index in [2.05, 4.69) is 84.7 Å². The second-order valence-corrected chi connectivity index (χ2v) is 12.7. The molecule has 1 aliphatic rings. The van der Waals surface area contributed by atoms with Crippen LogP contribution in [0, 0.1) is 5.92 Å². The van der Waals surface area contributed by atoms with Crippen LogP contribution in [0.25, 0.3) is 0 Å². The number of aliphatic carboxylic acids is 2. The Bertz CT molecular complexity index is 1650. The fraction of sp³-hybridized carbons (Fsp3) is 0.317. The van der Waals surface area contributed by atoms with E-state index in [1.807, 2.05) is 37.4 Å². The lowest BCUT2D eigenvalue weighted by Gasteiger charge is -2.30. The molecule has 11 heteroatoms. The zero-order valence-corrected chi connectivity index (χ0v) is 30.0. The number of hydrogen-bond acceptors (Lipinski definition) is 6. The van der Waals surface area contributed by atoms with Gasteiger partial charge in [-0.2, -0.15) is 13.2 Å². The van der Waals surface area contributed by atoms with Crippen LogP contribution < -0.4 is 15.0 Å². The van der Waals surface area contributed by atoms with Gasteiger partial charge in [-0.15, -0.1) is 0 Å². The van der Waals surface area contributed by atoms with Gasteiger partial charge >= 0.3 is 18.1 Å².